The third kappa shape index (κ3) is 2.69. The first-order valence-electron chi connectivity index (χ1n) is 5.20. The number of carbonyl (C=O) groups excluding carboxylic acids is 1. The number of hydrogen-bond donors (Lipinski definition) is 2. The van der Waals surface area contributed by atoms with E-state index in [1.165, 1.54) is 18.7 Å². The van der Waals surface area contributed by atoms with Gasteiger partial charge in [0.1, 0.15) is 11.2 Å². The molecule has 0 bridgehead atoms. The van der Waals surface area contributed by atoms with E-state index in [0.717, 1.165) is 4.47 Å². The molecule has 0 saturated carbocycles. The molecule has 1 amide bonds. The molecular weight excluding hydrogens is 288 g/mol. The van der Waals surface area contributed by atoms with Crippen molar-refractivity contribution in [1.29, 1.82) is 0 Å². The van der Waals surface area contributed by atoms with Crippen molar-refractivity contribution in [3.05, 3.63) is 22.4 Å². The van der Waals surface area contributed by atoms with Crippen molar-refractivity contribution < 1.29 is 14.7 Å². The summed E-state index contributed by atoms with van der Waals surface area (Å²) in [5, 5.41) is 9.13. The van der Waals surface area contributed by atoms with Gasteiger partial charge in [-0.2, -0.15) is 0 Å². The molecule has 0 unspecified atom stereocenters. The zero-order valence-corrected chi connectivity index (χ0v) is 11.5. The van der Waals surface area contributed by atoms with Crippen molar-refractivity contribution in [2.75, 3.05) is 6.54 Å². The molecule has 0 atom stereocenters. The third-order valence-electron chi connectivity index (χ3n) is 2.64. The minimum Gasteiger partial charge on any atom is -0.480 e. The van der Waals surface area contributed by atoms with Crippen LogP contribution in [0, 0.1) is 0 Å². The first-order chi connectivity index (χ1) is 7.80. The molecule has 0 aromatic carbocycles. The Hall–Kier alpha value is -1.30. The largest absolute Gasteiger partial charge is 0.480 e. The van der Waals surface area contributed by atoms with E-state index in [4.69, 9.17) is 5.11 Å². The summed E-state index contributed by atoms with van der Waals surface area (Å²) in [4.78, 5) is 27.4. The van der Waals surface area contributed by atoms with Gasteiger partial charge in [-0.3, -0.25) is 4.79 Å². The molecule has 0 spiro atoms. The Balaban J connectivity index is 3.04. The van der Waals surface area contributed by atoms with Gasteiger partial charge in [-0.15, -0.1) is 0 Å². The lowest BCUT2D eigenvalue weighted by atomic mass is 10.0. The second-order valence-corrected chi connectivity index (χ2v) is 5.06. The number of hydrogen-bond acceptors (Lipinski definition) is 2. The molecule has 1 heterocycles. The summed E-state index contributed by atoms with van der Waals surface area (Å²) in [7, 11) is 0. The molecule has 0 aliphatic carbocycles. The van der Waals surface area contributed by atoms with Gasteiger partial charge in [-0.05, 0) is 42.8 Å². The number of carbonyl (C=O) groups is 2. The molecule has 17 heavy (non-hydrogen) atoms. The molecule has 0 aliphatic heterocycles. The molecule has 94 valence electrons. The highest BCUT2D eigenvalue weighted by Crippen LogP contribution is 2.19. The Bertz CT molecular complexity index is 440. The number of amides is 1. The predicted octanol–water partition coefficient (Wildman–Crippen LogP) is 2.10. The molecule has 5 nitrogen and oxygen atoms in total. The lowest BCUT2D eigenvalue weighted by molar-refractivity contribution is -0.147. The first-order valence-corrected chi connectivity index (χ1v) is 5.99. The number of aromatic nitrogens is 1. The molecule has 0 fully saturated rings. The van der Waals surface area contributed by atoms with Gasteiger partial charge in [0.2, 0.25) is 0 Å². The summed E-state index contributed by atoms with van der Waals surface area (Å²) in [5.74, 6) is -1.36. The molecule has 1 rings (SSSR count). The first kappa shape index (κ1) is 13.8. The van der Waals surface area contributed by atoms with Gasteiger partial charge in [0, 0.05) is 17.2 Å². The Morgan fingerprint density at radius 2 is 2.12 bits per heavy atom. The number of rotatable bonds is 4. The number of halogens is 1. The fourth-order valence-electron chi connectivity index (χ4n) is 1.54. The minimum absolute atomic E-state index is 0.328. The topological polar surface area (TPSA) is 73.4 Å². The Morgan fingerprint density at radius 1 is 1.53 bits per heavy atom. The van der Waals surface area contributed by atoms with Crippen molar-refractivity contribution in [2.45, 2.75) is 26.3 Å². The normalized spacial score (nSPS) is 11.3. The van der Waals surface area contributed by atoms with E-state index < -0.39 is 11.5 Å². The van der Waals surface area contributed by atoms with Crippen LogP contribution in [-0.4, -0.2) is 39.0 Å². The van der Waals surface area contributed by atoms with Gasteiger partial charge in [0.15, 0.2) is 0 Å². The van der Waals surface area contributed by atoms with Crippen LogP contribution in [0.1, 0.15) is 31.3 Å². The number of nitrogens with one attached hydrogen (secondary N) is 1. The third-order valence-corrected chi connectivity index (χ3v) is 3.10. The van der Waals surface area contributed by atoms with E-state index in [1.54, 1.807) is 19.2 Å². The van der Waals surface area contributed by atoms with Gasteiger partial charge < -0.3 is 15.0 Å². The van der Waals surface area contributed by atoms with Gasteiger partial charge in [-0.25, -0.2) is 4.79 Å². The zero-order valence-electron chi connectivity index (χ0n) is 9.95. The van der Waals surface area contributed by atoms with Crippen LogP contribution >= 0.6 is 15.9 Å². The maximum atomic E-state index is 12.2. The van der Waals surface area contributed by atoms with Crippen LogP contribution in [0.25, 0.3) is 0 Å². The van der Waals surface area contributed by atoms with Crippen LogP contribution in [-0.2, 0) is 4.79 Å². The quantitative estimate of drug-likeness (QED) is 0.894. The van der Waals surface area contributed by atoms with Crippen molar-refractivity contribution in [3.63, 3.8) is 0 Å². The maximum absolute atomic E-state index is 12.2. The number of nitrogens with zero attached hydrogens (tertiary/aromatic N) is 1. The molecule has 1 aromatic heterocycles. The van der Waals surface area contributed by atoms with Crippen LogP contribution in [0.2, 0.25) is 0 Å². The summed E-state index contributed by atoms with van der Waals surface area (Å²) in [6, 6.07) is 1.63. The summed E-state index contributed by atoms with van der Waals surface area (Å²) < 4.78 is 0.755. The van der Waals surface area contributed by atoms with Crippen LogP contribution in [0.15, 0.2) is 16.7 Å². The molecular formula is C11H15BrN2O3. The molecule has 1 aromatic rings. The summed E-state index contributed by atoms with van der Waals surface area (Å²) in [6.45, 7) is 5.10. The number of likely N-dealkylation sites (N-methyl/N-ethyl adjacent to an activating group) is 1. The predicted molar refractivity (Wildman–Crippen MR) is 66.9 cm³/mol. The number of carboxylic acid groups (broad SMARTS) is 1. The fourth-order valence-corrected chi connectivity index (χ4v) is 1.89. The Labute approximate surface area is 108 Å². The highest BCUT2D eigenvalue weighted by Gasteiger charge is 2.37. The van der Waals surface area contributed by atoms with E-state index in [9.17, 15) is 9.59 Å². The lowest BCUT2D eigenvalue weighted by Crippen LogP contribution is -2.53. The number of carboxylic acids is 1. The molecule has 0 radical (unpaired) electrons. The van der Waals surface area contributed by atoms with Crippen molar-refractivity contribution in [2.24, 2.45) is 0 Å². The van der Waals surface area contributed by atoms with Gasteiger partial charge >= 0.3 is 5.97 Å². The van der Waals surface area contributed by atoms with E-state index in [1.807, 2.05) is 0 Å². The lowest BCUT2D eigenvalue weighted by Gasteiger charge is -2.33. The van der Waals surface area contributed by atoms with Crippen LogP contribution in [0.5, 0.6) is 0 Å². The fraction of sp³-hybridized carbons (Fsp3) is 0.455. The zero-order chi connectivity index (χ0) is 13.2. The van der Waals surface area contributed by atoms with Crippen LogP contribution < -0.4 is 0 Å². The van der Waals surface area contributed by atoms with Crippen molar-refractivity contribution in [1.82, 2.24) is 9.88 Å². The Kier molecular flexibility index (Phi) is 3.98. The smallest absolute Gasteiger partial charge is 0.329 e. The van der Waals surface area contributed by atoms with Crippen LogP contribution in [0.4, 0.5) is 0 Å². The van der Waals surface area contributed by atoms with Gasteiger partial charge in [0.05, 0.1) is 0 Å². The second kappa shape index (κ2) is 4.91. The van der Waals surface area contributed by atoms with Crippen molar-refractivity contribution in [3.8, 4) is 0 Å². The van der Waals surface area contributed by atoms with Crippen LogP contribution in [0.3, 0.4) is 0 Å². The van der Waals surface area contributed by atoms with E-state index in [-0.39, 0.29) is 5.91 Å². The highest BCUT2D eigenvalue weighted by molar-refractivity contribution is 9.10. The summed E-state index contributed by atoms with van der Waals surface area (Å²) in [5.41, 5.74) is -0.864. The Morgan fingerprint density at radius 3 is 2.47 bits per heavy atom. The standard InChI is InChI=1S/C11H15BrN2O3/c1-4-14(11(2,3)10(16)17)9(15)8-5-7(12)6-13-8/h5-6,13H,4H2,1-3H3,(H,16,17). The summed E-state index contributed by atoms with van der Waals surface area (Å²) >= 11 is 3.23. The van der Waals surface area contributed by atoms with E-state index in [0.29, 0.717) is 12.2 Å². The average Bonchev–Trinajstić information content (AvgIpc) is 2.65. The number of H-pyrrole nitrogens is 1. The monoisotopic (exact) mass is 302 g/mol. The van der Waals surface area contributed by atoms with Gasteiger partial charge in [-0.1, -0.05) is 0 Å². The average molecular weight is 303 g/mol. The maximum Gasteiger partial charge on any atom is 0.329 e. The minimum atomic E-state index is -1.23. The van der Waals surface area contributed by atoms with E-state index in [2.05, 4.69) is 20.9 Å². The summed E-state index contributed by atoms with van der Waals surface area (Å²) in [6.07, 6.45) is 1.63. The van der Waals surface area contributed by atoms with E-state index >= 15 is 0 Å². The molecule has 0 aliphatic rings. The molecule has 6 heteroatoms. The second-order valence-electron chi connectivity index (χ2n) is 4.15. The number of aromatic amines is 1. The highest BCUT2D eigenvalue weighted by atomic mass is 79.9. The SMILES string of the molecule is CCN(C(=O)c1cc(Br)c[nH]1)C(C)(C)C(=O)O. The van der Waals surface area contributed by atoms with Gasteiger partial charge in [0.25, 0.3) is 5.91 Å². The molecule has 0 saturated heterocycles. The van der Waals surface area contributed by atoms with Crippen molar-refractivity contribution >= 4 is 27.8 Å². The molecule has 2 N–H and O–H groups in total. The number of aliphatic carboxylic acids is 1.